The van der Waals surface area contributed by atoms with E-state index in [0.717, 1.165) is 5.56 Å². The Morgan fingerprint density at radius 1 is 1.44 bits per heavy atom. The van der Waals surface area contributed by atoms with Crippen LogP contribution in [0.4, 0.5) is 4.79 Å². The van der Waals surface area contributed by atoms with Gasteiger partial charge in [-0.05, 0) is 11.6 Å². The molecule has 0 bridgehead atoms. The number of carbonyl (C=O) groups excluding carboxylic acids is 1. The highest BCUT2D eigenvalue weighted by Gasteiger charge is 2.05. The van der Waals surface area contributed by atoms with Crippen molar-refractivity contribution in [1.82, 2.24) is 15.3 Å². The molecule has 0 aliphatic heterocycles. The summed E-state index contributed by atoms with van der Waals surface area (Å²) in [7, 11) is 1.30. The molecule has 6 heteroatoms. The summed E-state index contributed by atoms with van der Waals surface area (Å²) in [4.78, 5) is 27.3. The fourth-order valence-electron chi connectivity index (χ4n) is 1.51. The van der Waals surface area contributed by atoms with Gasteiger partial charge in [-0.25, -0.2) is 9.59 Å². The van der Waals surface area contributed by atoms with Gasteiger partial charge in [-0.1, -0.05) is 12.1 Å². The van der Waals surface area contributed by atoms with Crippen LogP contribution in [0.2, 0.25) is 0 Å². The third-order valence-electron chi connectivity index (χ3n) is 2.25. The number of fused-ring (bicyclic) bond motifs is 1. The molecule has 0 radical (unpaired) electrons. The molecule has 0 atom stereocenters. The number of hydrogen-bond donors (Lipinski definition) is 3. The number of hydrogen-bond acceptors (Lipinski definition) is 3. The van der Waals surface area contributed by atoms with Gasteiger partial charge in [-0.3, -0.25) is 0 Å². The highest BCUT2D eigenvalue weighted by molar-refractivity contribution is 5.78. The maximum atomic E-state index is 11.1. The van der Waals surface area contributed by atoms with Gasteiger partial charge in [0.2, 0.25) is 0 Å². The summed E-state index contributed by atoms with van der Waals surface area (Å²) < 4.78 is 4.46. The van der Waals surface area contributed by atoms with E-state index in [4.69, 9.17) is 0 Å². The van der Waals surface area contributed by atoms with Crippen molar-refractivity contribution >= 4 is 17.1 Å². The minimum Gasteiger partial charge on any atom is -0.453 e. The third-order valence-corrected chi connectivity index (χ3v) is 2.25. The van der Waals surface area contributed by atoms with Crippen LogP contribution >= 0.6 is 0 Å². The SMILES string of the molecule is COC(=O)NCc1cccc2[nH]c(=O)[nH]c12. The second-order valence-corrected chi connectivity index (χ2v) is 3.26. The molecule has 1 aromatic heterocycles. The van der Waals surface area contributed by atoms with E-state index in [9.17, 15) is 9.59 Å². The maximum absolute atomic E-state index is 11.1. The molecule has 84 valence electrons. The number of imidazole rings is 1. The van der Waals surface area contributed by atoms with E-state index in [0.29, 0.717) is 17.6 Å². The van der Waals surface area contributed by atoms with E-state index in [1.165, 1.54) is 7.11 Å². The molecule has 3 N–H and O–H groups in total. The number of nitrogens with one attached hydrogen (secondary N) is 3. The first kappa shape index (κ1) is 10.3. The van der Waals surface area contributed by atoms with Gasteiger partial charge in [0.1, 0.15) is 0 Å². The van der Waals surface area contributed by atoms with Crippen molar-refractivity contribution < 1.29 is 9.53 Å². The molecule has 1 heterocycles. The Hall–Kier alpha value is -2.24. The van der Waals surface area contributed by atoms with Gasteiger partial charge in [-0.15, -0.1) is 0 Å². The number of aromatic nitrogens is 2. The molecule has 0 aliphatic carbocycles. The standard InChI is InChI=1S/C10H11N3O3/c1-16-10(15)11-5-6-3-2-4-7-8(6)13-9(14)12-7/h2-4H,5H2,1H3,(H,11,15)(H2,12,13,14). The van der Waals surface area contributed by atoms with Crippen molar-refractivity contribution in [2.45, 2.75) is 6.54 Å². The molecular weight excluding hydrogens is 210 g/mol. The first-order valence-electron chi connectivity index (χ1n) is 4.72. The normalized spacial score (nSPS) is 10.3. The highest BCUT2D eigenvalue weighted by Crippen LogP contribution is 2.12. The van der Waals surface area contributed by atoms with Crippen LogP contribution in [0, 0.1) is 0 Å². The molecule has 0 fully saturated rings. The molecular formula is C10H11N3O3. The number of aromatic amines is 2. The van der Waals surface area contributed by atoms with Crippen molar-refractivity contribution in [1.29, 1.82) is 0 Å². The lowest BCUT2D eigenvalue weighted by Crippen LogP contribution is -2.22. The number of amides is 1. The van der Waals surface area contributed by atoms with Crippen LogP contribution in [0.5, 0.6) is 0 Å². The topological polar surface area (TPSA) is 87.0 Å². The fraction of sp³-hybridized carbons (Fsp3) is 0.200. The summed E-state index contributed by atoms with van der Waals surface area (Å²) in [5.41, 5.74) is 1.97. The Bertz CT molecular complexity index is 570. The Labute approximate surface area is 90.6 Å². The van der Waals surface area contributed by atoms with Crippen molar-refractivity contribution in [3.8, 4) is 0 Å². The Kier molecular flexibility index (Phi) is 2.63. The summed E-state index contributed by atoms with van der Waals surface area (Å²) >= 11 is 0. The summed E-state index contributed by atoms with van der Waals surface area (Å²) in [6.45, 7) is 0.303. The molecule has 0 aliphatic rings. The predicted molar refractivity (Wildman–Crippen MR) is 58.2 cm³/mol. The van der Waals surface area contributed by atoms with Crippen LogP contribution in [0.15, 0.2) is 23.0 Å². The monoisotopic (exact) mass is 221 g/mol. The molecule has 0 saturated carbocycles. The Balaban J connectivity index is 2.30. The number of H-pyrrole nitrogens is 2. The zero-order chi connectivity index (χ0) is 11.5. The van der Waals surface area contributed by atoms with Crippen molar-refractivity contribution in [2.75, 3.05) is 7.11 Å². The van der Waals surface area contributed by atoms with E-state index >= 15 is 0 Å². The average Bonchev–Trinajstić information content (AvgIpc) is 2.66. The summed E-state index contributed by atoms with van der Waals surface area (Å²) in [6, 6.07) is 5.41. The number of para-hydroxylation sites is 1. The van der Waals surface area contributed by atoms with Crippen LogP contribution in [-0.4, -0.2) is 23.2 Å². The lowest BCUT2D eigenvalue weighted by Gasteiger charge is -2.04. The summed E-state index contributed by atoms with van der Waals surface area (Å²) in [5, 5.41) is 2.55. The lowest BCUT2D eigenvalue weighted by atomic mass is 10.2. The first-order valence-corrected chi connectivity index (χ1v) is 4.72. The molecule has 1 aromatic carbocycles. The average molecular weight is 221 g/mol. The van der Waals surface area contributed by atoms with Gasteiger partial charge in [0.25, 0.3) is 0 Å². The molecule has 0 spiro atoms. The number of rotatable bonds is 2. The Morgan fingerprint density at radius 2 is 2.25 bits per heavy atom. The van der Waals surface area contributed by atoms with Crippen LogP contribution in [-0.2, 0) is 11.3 Å². The second-order valence-electron chi connectivity index (χ2n) is 3.26. The maximum Gasteiger partial charge on any atom is 0.407 e. The number of alkyl carbamates (subject to hydrolysis) is 1. The molecule has 1 amide bonds. The first-order chi connectivity index (χ1) is 7.70. The number of carbonyl (C=O) groups is 1. The highest BCUT2D eigenvalue weighted by atomic mass is 16.5. The van der Waals surface area contributed by atoms with E-state index in [1.54, 1.807) is 12.1 Å². The summed E-state index contributed by atoms with van der Waals surface area (Å²) in [5.74, 6) is 0. The van der Waals surface area contributed by atoms with Gasteiger partial charge in [-0.2, -0.15) is 0 Å². The second kappa shape index (κ2) is 4.09. The quantitative estimate of drug-likeness (QED) is 0.698. The van der Waals surface area contributed by atoms with E-state index < -0.39 is 6.09 Å². The van der Waals surface area contributed by atoms with E-state index in [1.807, 2.05) is 6.07 Å². The van der Waals surface area contributed by atoms with Crippen LogP contribution in [0.1, 0.15) is 5.56 Å². The zero-order valence-electron chi connectivity index (χ0n) is 8.66. The molecule has 16 heavy (non-hydrogen) atoms. The van der Waals surface area contributed by atoms with Gasteiger partial charge >= 0.3 is 11.8 Å². The minimum atomic E-state index is -0.505. The van der Waals surface area contributed by atoms with Crippen LogP contribution < -0.4 is 11.0 Å². The Morgan fingerprint density at radius 3 is 3.00 bits per heavy atom. The van der Waals surface area contributed by atoms with Crippen LogP contribution in [0.3, 0.4) is 0 Å². The van der Waals surface area contributed by atoms with Gasteiger partial charge in [0.05, 0.1) is 18.1 Å². The predicted octanol–water partition coefficient (Wildman–Crippen LogP) is 0.712. The molecule has 0 unspecified atom stereocenters. The molecule has 0 saturated heterocycles. The largest absolute Gasteiger partial charge is 0.453 e. The smallest absolute Gasteiger partial charge is 0.407 e. The van der Waals surface area contributed by atoms with Gasteiger partial charge in [0, 0.05) is 6.54 Å². The van der Waals surface area contributed by atoms with Gasteiger partial charge < -0.3 is 20.0 Å². The zero-order valence-corrected chi connectivity index (χ0v) is 8.66. The van der Waals surface area contributed by atoms with Crippen molar-refractivity contribution in [2.24, 2.45) is 0 Å². The lowest BCUT2D eigenvalue weighted by molar-refractivity contribution is 0.170. The van der Waals surface area contributed by atoms with E-state index in [-0.39, 0.29) is 5.69 Å². The molecule has 6 nitrogen and oxygen atoms in total. The minimum absolute atomic E-state index is 0.263. The third kappa shape index (κ3) is 1.90. The molecule has 2 aromatic rings. The fourth-order valence-corrected chi connectivity index (χ4v) is 1.51. The molecule has 2 rings (SSSR count). The van der Waals surface area contributed by atoms with Crippen LogP contribution in [0.25, 0.3) is 11.0 Å². The number of benzene rings is 1. The van der Waals surface area contributed by atoms with Crippen molar-refractivity contribution in [3.63, 3.8) is 0 Å². The van der Waals surface area contributed by atoms with Crippen molar-refractivity contribution in [3.05, 3.63) is 34.2 Å². The number of methoxy groups -OCH3 is 1. The van der Waals surface area contributed by atoms with Gasteiger partial charge in [0.15, 0.2) is 0 Å². The van der Waals surface area contributed by atoms with E-state index in [2.05, 4.69) is 20.0 Å². The number of ether oxygens (including phenoxy) is 1. The summed E-state index contributed by atoms with van der Waals surface area (Å²) in [6.07, 6.45) is -0.505.